The fourth-order valence-electron chi connectivity index (χ4n) is 6.29. The van der Waals surface area contributed by atoms with Crippen molar-refractivity contribution < 1.29 is 19.0 Å². The maximum Gasteiger partial charge on any atom is 0.332 e. The van der Waals surface area contributed by atoms with Crippen LogP contribution in [0.25, 0.3) is 0 Å². The number of hydrogen-bond donors (Lipinski definition) is 0. The molecule has 3 aliphatic carbocycles. The van der Waals surface area contributed by atoms with Crippen molar-refractivity contribution in [1.82, 2.24) is 0 Å². The zero-order chi connectivity index (χ0) is 23.9. The molecule has 2 bridgehead atoms. The number of ether oxygens (including phenoxy) is 3. The zero-order valence-corrected chi connectivity index (χ0v) is 21.4. The summed E-state index contributed by atoms with van der Waals surface area (Å²) in [5.41, 5.74) is 3.69. The average Bonchev–Trinajstić information content (AvgIpc) is 2.88. The summed E-state index contributed by atoms with van der Waals surface area (Å²) >= 11 is 0. The highest BCUT2D eigenvalue weighted by Gasteiger charge is 2.48. The summed E-state index contributed by atoms with van der Waals surface area (Å²) in [5.74, 6) is -0.360. The van der Waals surface area contributed by atoms with Crippen LogP contribution in [0.1, 0.15) is 115 Å². The lowest BCUT2D eigenvalue weighted by atomic mass is 9.51. The number of hydrogen-bond acceptors (Lipinski definition) is 4. The molecule has 0 amide bonds. The lowest BCUT2D eigenvalue weighted by Gasteiger charge is -2.54. The maximum atomic E-state index is 11.9. The second-order valence-corrected chi connectivity index (χ2v) is 10.9. The van der Waals surface area contributed by atoms with Crippen LogP contribution in [0.5, 0.6) is 0 Å². The minimum Gasteiger partial charge on any atom is -0.430 e. The Kier molecular flexibility index (Phi) is 8.87. The predicted octanol–water partition coefficient (Wildman–Crippen LogP) is 7.56. The maximum absolute atomic E-state index is 11.9. The Morgan fingerprint density at radius 2 is 1.65 bits per heavy atom. The quantitative estimate of drug-likeness (QED) is 0.191. The summed E-state index contributed by atoms with van der Waals surface area (Å²) in [6.45, 7) is 5.11. The summed E-state index contributed by atoms with van der Waals surface area (Å²) in [4.78, 5) is 11.9. The zero-order valence-electron chi connectivity index (χ0n) is 21.4. The standard InChI is InChI=1S/C30H44O4/c1-3-5-7-8-10-27(31)34-28-23-32-26(22-33-28)24-11-13-25(14-12-24)30-19-16-29(17-20-30,18-21-30)15-9-6-4-2/h8,10-14,26,28H,3-7,9,15-23H2,1-2H3/b10-8+/t26-,28-,29?,30?/m0/s1. The molecule has 2 atom stereocenters. The van der Waals surface area contributed by atoms with Crippen molar-refractivity contribution in [2.75, 3.05) is 13.2 Å². The smallest absolute Gasteiger partial charge is 0.332 e. The predicted molar refractivity (Wildman–Crippen MR) is 136 cm³/mol. The number of esters is 1. The van der Waals surface area contributed by atoms with Crippen LogP contribution in [0.4, 0.5) is 0 Å². The molecule has 0 N–H and O–H groups in total. The van der Waals surface area contributed by atoms with Gasteiger partial charge in [0, 0.05) is 6.08 Å². The van der Waals surface area contributed by atoms with Crippen molar-refractivity contribution >= 4 is 5.97 Å². The Balaban J connectivity index is 1.25. The molecular weight excluding hydrogens is 424 g/mol. The molecule has 4 nitrogen and oxygen atoms in total. The largest absolute Gasteiger partial charge is 0.430 e. The van der Waals surface area contributed by atoms with Crippen molar-refractivity contribution in [2.45, 2.75) is 115 Å². The third-order valence-corrected chi connectivity index (χ3v) is 8.70. The molecular formula is C30H44O4. The molecule has 1 aromatic carbocycles. The number of fused-ring (bicyclic) bond motifs is 3. The first-order valence-corrected chi connectivity index (χ1v) is 13.8. The molecule has 1 heterocycles. The van der Waals surface area contributed by atoms with E-state index in [1.54, 1.807) is 0 Å². The van der Waals surface area contributed by atoms with Gasteiger partial charge in [0.2, 0.25) is 6.29 Å². The average molecular weight is 469 g/mol. The normalized spacial score (nSPS) is 31.1. The number of benzene rings is 1. The van der Waals surface area contributed by atoms with E-state index in [0.29, 0.717) is 17.4 Å². The second kappa shape index (κ2) is 11.9. The van der Waals surface area contributed by atoms with Gasteiger partial charge < -0.3 is 14.2 Å². The van der Waals surface area contributed by atoms with E-state index < -0.39 is 6.29 Å². The lowest BCUT2D eigenvalue weighted by molar-refractivity contribution is -0.230. The van der Waals surface area contributed by atoms with Gasteiger partial charge in [-0.25, -0.2) is 4.79 Å². The van der Waals surface area contributed by atoms with Crippen molar-refractivity contribution in [3.05, 3.63) is 47.5 Å². The molecule has 4 heteroatoms. The summed E-state index contributed by atoms with van der Waals surface area (Å²) in [7, 11) is 0. The monoisotopic (exact) mass is 468 g/mol. The van der Waals surface area contributed by atoms with Crippen molar-refractivity contribution in [3.63, 3.8) is 0 Å². The van der Waals surface area contributed by atoms with Gasteiger partial charge in [-0.15, -0.1) is 0 Å². The Bertz CT molecular complexity index is 779. The van der Waals surface area contributed by atoms with E-state index >= 15 is 0 Å². The van der Waals surface area contributed by atoms with E-state index in [0.717, 1.165) is 24.8 Å². The highest BCUT2D eigenvalue weighted by atomic mass is 16.7. The minimum absolute atomic E-state index is 0.106. The van der Waals surface area contributed by atoms with Crippen LogP contribution in [-0.4, -0.2) is 25.5 Å². The van der Waals surface area contributed by atoms with Crippen LogP contribution < -0.4 is 0 Å². The number of rotatable bonds is 11. The van der Waals surface area contributed by atoms with E-state index in [9.17, 15) is 4.79 Å². The second-order valence-electron chi connectivity index (χ2n) is 10.9. The Morgan fingerprint density at radius 1 is 0.941 bits per heavy atom. The van der Waals surface area contributed by atoms with Crippen LogP contribution in [0, 0.1) is 5.41 Å². The fourth-order valence-corrected chi connectivity index (χ4v) is 6.29. The Morgan fingerprint density at radius 3 is 2.26 bits per heavy atom. The number of carbonyl (C=O) groups excluding carboxylic acids is 1. The van der Waals surface area contributed by atoms with Gasteiger partial charge in [-0.1, -0.05) is 76.3 Å². The van der Waals surface area contributed by atoms with Crippen LogP contribution >= 0.6 is 0 Å². The van der Waals surface area contributed by atoms with Crippen LogP contribution in [0.2, 0.25) is 0 Å². The molecule has 1 aromatic rings. The van der Waals surface area contributed by atoms with Crippen molar-refractivity contribution in [2.24, 2.45) is 5.41 Å². The molecule has 4 aliphatic rings. The van der Waals surface area contributed by atoms with Crippen LogP contribution in [0.15, 0.2) is 36.4 Å². The van der Waals surface area contributed by atoms with E-state index in [4.69, 9.17) is 14.2 Å². The molecule has 0 aromatic heterocycles. The summed E-state index contributed by atoms with van der Waals surface area (Å²) in [6, 6.07) is 9.11. The molecule has 4 fully saturated rings. The summed E-state index contributed by atoms with van der Waals surface area (Å²) < 4.78 is 17.1. The fraction of sp³-hybridized carbons (Fsp3) is 0.700. The number of unbranched alkanes of at least 4 members (excludes halogenated alkanes) is 4. The first-order chi connectivity index (χ1) is 16.6. The van der Waals surface area contributed by atoms with E-state index in [1.165, 1.54) is 75.8 Å². The Hall–Kier alpha value is -1.65. The molecule has 0 radical (unpaired) electrons. The molecule has 0 spiro atoms. The molecule has 0 unspecified atom stereocenters. The van der Waals surface area contributed by atoms with Crippen LogP contribution in [-0.2, 0) is 24.4 Å². The first-order valence-electron chi connectivity index (χ1n) is 13.8. The van der Waals surface area contributed by atoms with E-state index in [1.807, 2.05) is 6.08 Å². The molecule has 5 rings (SSSR count). The number of carbonyl (C=O) groups is 1. The van der Waals surface area contributed by atoms with Gasteiger partial charge in [0.15, 0.2) is 0 Å². The highest BCUT2D eigenvalue weighted by Crippen LogP contribution is 2.59. The van der Waals surface area contributed by atoms with E-state index in [-0.39, 0.29) is 18.7 Å². The van der Waals surface area contributed by atoms with Gasteiger partial charge in [0.1, 0.15) is 12.7 Å². The van der Waals surface area contributed by atoms with Gasteiger partial charge in [-0.3, -0.25) is 0 Å². The molecule has 34 heavy (non-hydrogen) atoms. The topological polar surface area (TPSA) is 44.8 Å². The molecule has 3 saturated carbocycles. The molecule has 188 valence electrons. The Labute approximate surface area is 206 Å². The van der Waals surface area contributed by atoms with Gasteiger partial charge in [0.05, 0.1) is 6.61 Å². The third kappa shape index (κ3) is 6.12. The summed E-state index contributed by atoms with van der Waals surface area (Å²) in [6.07, 6.45) is 19.6. The van der Waals surface area contributed by atoms with Crippen molar-refractivity contribution in [3.8, 4) is 0 Å². The SMILES string of the molecule is CCCC/C=C/C(=O)O[C@H]1CO[C@H](c2ccc(C34CCC(CCCCC)(CC3)CC4)cc2)CO1. The third-order valence-electron chi connectivity index (χ3n) is 8.70. The van der Waals surface area contributed by atoms with Gasteiger partial charge in [-0.2, -0.15) is 0 Å². The minimum atomic E-state index is -0.625. The van der Waals surface area contributed by atoms with E-state index in [2.05, 4.69) is 38.1 Å². The van der Waals surface area contributed by atoms with Crippen molar-refractivity contribution in [1.29, 1.82) is 0 Å². The first kappa shape index (κ1) is 25.4. The molecule has 1 aliphatic heterocycles. The molecule has 1 saturated heterocycles. The number of allylic oxidation sites excluding steroid dienone is 1. The summed E-state index contributed by atoms with van der Waals surface area (Å²) in [5, 5.41) is 0. The lowest BCUT2D eigenvalue weighted by Crippen LogP contribution is -2.44. The van der Waals surface area contributed by atoms with Gasteiger partial charge in [-0.05, 0) is 73.3 Å². The van der Waals surface area contributed by atoms with Gasteiger partial charge in [0.25, 0.3) is 0 Å². The van der Waals surface area contributed by atoms with Gasteiger partial charge >= 0.3 is 5.97 Å². The van der Waals surface area contributed by atoms with Crippen LogP contribution in [0.3, 0.4) is 0 Å². The highest BCUT2D eigenvalue weighted by molar-refractivity contribution is 5.81.